The average molecular weight is 416 g/mol. The van der Waals surface area contributed by atoms with Crippen LogP contribution in [0.1, 0.15) is 22.0 Å². The smallest absolute Gasteiger partial charge is 0.297 e. The molecule has 0 radical (unpaired) electrons. The number of rotatable bonds is 4. The third-order valence-corrected chi connectivity index (χ3v) is 4.89. The van der Waals surface area contributed by atoms with Gasteiger partial charge in [0.05, 0.1) is 17.9 Å². The van der Waals surface area contributed by atoms with E-state index in [1.165, 1.54) is 21.8 Å². The number of halogens is 4. The highest BCUT2D eigenvalue weighted by Crippen LogP contribution is 2.30. The van der Waals surface area contributed by atoms with Crippen LogP contribution in [0.15, 0.2) is 28.0 Å². The molecule has 0 saturated heterocycles. The van der Waals surface area contributed by atoms with Crippen LogP contribution in [-0.2, 0) is 12.7 Å². The minimum absolute atomic E-state index is 0.148. The lowest BCUT2D eigenvalue weighted by Crippen LogP contribution is -2.17. The third kappa shape index (κ3) is 3.96. The summed E-state index contributed by atoms with van der Waals surface area (Å²) in [6, 6.07) is 2.00. The first-order valence-corrected chi connectivity index (χ1v) is 8.81. The molecule has 3 aromatic rings. The van der Waals surface area contributed by atoms with Gasteiger partial charge in [0.15, 0.2) is 10.7 Å². The van der Waals surface area contributed by atoms with E-state index in [4.69, 9.17) is 11.6 Å². The number of aryl methyl sites for hydroxylation is 1. The molecule has 0 spiro atoms. The first-order chi connectivity index (χ1) is 12.7. The van der Waals surface area contributed by atoms with Gasteiger partial charge in [-0.2, -0.15) is 18.3 Å². The van der Waals surface area contributed by atoms with Gasteiger partial charge in [0.1, 0.15) is 5.15 Å². The summed E-state index contributed by atoms with van der Waals surface area (Å²) in [7, 11) is 1.63. The Morgan fingerprint density at radius 3 is 2.74 bits per heavy atom. The van der Waals surface area contributed by atoms with Crippen LogP contribution in [-0.4, -0.2) is 32.4 Å². The standard InChI is InChI=1S/C16H13ClF3N5OS/c1-9-11(4-3-5-21-2)25-14(26)6-10(22-15(25)27-9)8-24-13(17)7-12(23-24)16(18,19)20/h3-7H,8H2,1-2H3/b4-3+,21-5?. The molecule has 3 rings (SSSR count). The van der Waals surface area contributed by atoms with Crippen LogP contribution in [0.25, 0.3) is 11.0 Å². The molecule has 0 aromatic carbocycles. The number of hydrogen-bond donors (Lipinski definition) is 0. The molecule has 0 aliphatic carbocycles. The molecule has 0 aliphatic heterocycles. The lowest BCUT2D eigenvalue weighted by atomic mass is 10.3. The number of allylic oxidation sites excluding steroid dienone is 1. The highest BCUT2D eigenvalue weighted by molar-refractivity contribution is 7.17. The van der Waals surface area contributed by atoms with E-state index in [0.717, 1.165) is 15.6 Å². The van der Waals surface area contributed by atoms with E-state index in [-0.39, 0.29) is 23.0 Å². The molecule has 3 heterocycles. The van der Waals surface area contributed by atoms with E-state index in [1.54, 1.807) is 25.4 Å². The van der Waals surface area contributed by atoms with Crippen molar-refractivity contribution in [2.45, 2.75) is 19.6 Å². The zero-order chi connectivity index (χ0) is 19.8. The Kier molecular flexibility index (Phi) is 5.20. The van der Waals surface area contributed by atoms with Crippen molar-refractivity contribution < 1.29 is 13.2 Å². The zero-order valence-electron chi connectivity index (χ0n) is 14.2. The minimum atomic E-state index is -4.60. The van der Waals surface area contributed by atoms with Gasteiger partial charge in [-0.25, -0.2) is 9.67 Å². The topological polar surface area (TPSA) is 64.5 Å². The second-order valence-corrected chi connectivity index (χ2v) is 7.09. The highest BCUT2D eigenvalue weighted by Gasteiger charge is 2.34. The van der Waals surface area contributed by atoms with Gasteiger partial charge in [-0.3, -0.25) is 14.2 Å². The predicted octanol–water partition coefficient (Wildman–Crippen LogP) is 3.70. The van der Waals surface area contributed by atoms with Crippen molar-refractivity contribution in [3.63, 3.8) is 0 Å². The quantitative estimate of drug-likeness (QED) is 0.610. The summed E-state index contributed by atoms with van der Waals surface area (Å²) in [5, 5.41) is 3.26. The van der Waals surface area contributed by atoms with Crippen molar-refractivity contribution in [3.8, 4) is 0 Å². The Bertz CT molecular complexity index is 1110. The molecule has 0 amide bonds. The minimum Gasteiger partial charge on any atom is -0.297 e. The van der Waals surface area contributed by atoms with Gasteiger partial charge in [0.2, 0.25) is 0 Å². The van der Waals surface area contributed by atoms with Crippen LogP contribution in [0.4, 0.5) is 13.2 Å². The molecule has 0 saturated carbocycles. The molecule has 11 heteroatoms. The molecular weight excluding hydrogens is 403 g/mol. The Hall–Kier alpha value is -2.46. The Balaban J connectivity index is 2.01. The fourth-order valence-corrected chi connectivity index (χ4v) is 3.61. The first kappa shape index (κ1) is 19.3. The fourth-order valence-electron chi connectivity index (χ4n) is 2.43. The van der Waals surface area contributed by atoms with Crippen LogP contribution < -0.4 is 5.56 Å². The maximum absolute atomic E-state index is 12.7. The van der Waals surface area contributed by atoms with E-state index in [0.29, 0.717) is 10.7 Å². The van der Waals surface area contributed by atoms with E-state index in [9.17, 15) is 18.0 Å². The highest BCUT2D eigenvalue weighted by atomic mass is 35.5. The number of thiazole rings is 1. The van der Waals surface area contributed by atoms with Crippen LogP contribution in [0.2, 0.25) is 5.15 Å². The van der Waals surface area contributed by atoms with Gasteiger partial charge < -0.3 is 0 Å². The van der Waals surface area contributed by atoms with E-state index < -0.39 is 11.9 Å². The van der Waals surface area contributed by atoms with Crippen molar-refractivity contribution in [3.05, 3.63) is 55.7 Å². The maximum atomic E-state index is 12.7. The lowest BCUT2D eigenvalue weighted by molar-refractivity contribution is -0.141. The number of nitrogens with zero attached hydrogens (tertiary/aromatic N) is 5. The van der Waals surface area contributed by atoms with Gasteiger partial charge in [-0.05, 0) is 19.1 Å². The molecule has 142 valence electrons. The second-order valence-electron chi connectivity index (χ2n) is 5.52. The van der Waals surface area contributed by atoms with Gasteiger partial charge >= 0.3 is 6.18 Å². The van der Waals surface area contributed by atoms with E-state index in [1.807, 2.05) is 6.92 Å². The third-order valence-electron chi connectivity index (χ3n) is 3.61. The molecule has 0 atom stereocenters. The van der Waals surface area contributed by atoms with Crippen molar-refractivity contribution >= 4 is 40.2 Å². The number of fused-ring (bicyclic) bond motifs is 1. The molecule has 27 heavy (non-hydrogen) atoms. The normalized spacial score (nSPS) is 12.8. The summed E-state index contributed by atoms with van der Waals surface area (Å²) >= 11 is 7.13. The number of aromatic nitrogens is 4. The van der Waals surface area contributed by atoms with E-state index in [2.05, 4.69) is 15.1 Å². The summed E-state index contributed by atoms with van der Waals surface area (Å²) < 4.78 is 40.6. The molecule has 3 aromatic heterocycles. The molecule has 0 unspecified atom stereocenters. The van der Waals surface area contributed by atoms with Crippen LogP contribution in [0, 0.1) is 6.92 Å². The SMILES string of the molecule is CN=C/C=C/c1c(C)sc2nc(Cn3nc(C(F)(F)F)cc3Cl)cc(=O)n12. The molecule has 6 nitrogen and oxygen atoms in total. The van der Waals surface area contributed by atoms with Gasteiger partial charge in [-0.15, -0.1) is 11.3 Å². The van der Waals surface area contributed by atoms with Crippen molar-refractivity contribution in [2.75, 3.05) is 7.05 Å². The largest absolute Gasteiger partial charge is 0.435 e. The van der Waals surface area contributed by atoms with Crippen molar-refractivity contribution in [1.82, 2.24) is 19.2 Å². The second kappa shape index (κ2) is 7.28. The monoisotopic (exact) mass is 415 g/mol. The van der Waals surface area contributed by atoms with Crippen molar-refractivity contribution in [2.24, 2.45) is 4.99 Å². The van der Waals surface area contributed by atoms with Gasteiger partial charge in [-0.1, -0.05) is 11.6 Å². The molecule has 0 N–H and O–H groups in total. The lowest BCUT2D eigenvalue weighted by Gasteiger charge is -2.04. The summed E-state index contributed by atoms with van der Waals surface area (Å²) in [5.41, 5.74) is -0.491. The van der Waals surface area contributed by atoms with Crippen LogP contribution in [0.5, 0.6) is 0 Å². The Morgan fingerprint density at radius 1 is 1.37 bits per heavy atom. The molecule has 0 bridgehead atoms. The fraction of sp³-hybridized carbons (Fsp3) is 0.250. The van der Waals surface area contributed by atoms with Crippen LogP contribution >= 0.6 is 22.9 Å². The van der Waals surface area contributed by atoms with Gasteiger partial charge in [0.25, 0.3) is 5.56 Å². The Morgan fingerprint density at radius 2 is 2.11 bits per heavy atom. The molecule has 0 aliphatic rings. The number of hydrogen-bond acceptors (Lipinski definition) is 5. The number of alkyl halides is 3. The first-order valence-electron chi connectivity index (χ1n) is 7.62. The predicted molar refractivity (Wildman–Crippen MR) is 98.9 cm³/mol. The Labute approximate surface area is 160 Å². The summed E-state index contributed by atoms with van der Waals surface area (Å²) in [6.07, 6.45) is 0.443. The number of aliphatic imine (C=N–C) groups is 1. The van der Waals surface area contributed by atoms with Crippen molar-refractivity contribution in [1.29, 1.82) is 0 Å². The van der Waals surface area contributed by atoms with Gasteiger partial charge in [0, 0.05) is 30.3 Å². The average Bonchev–Trinajstić information content (AvgIpc) is 3.08. The summed E-state index contributed by atoms with van der Waals surface area (Å²) in [5.74, 6) is 0. The molecule has 0 fully saturated rings. The zero-order valence-corrected chi connectivity index (χ0v) is 15.7. The molecular formula is C16H13ClF3N5OS. The van der Waals surface area contributed by atoms with Crippen LogP contribution in [0.3, 0.4) is 0 Å². The summed E-state index contributed by atoms with van der Waals surface area (Å²) in [4.78, 5) is 22.0. The maximum Gasteiger partial charge on any atom is 0.435 e. The van der Waals surface area contributed by atoms with E-state index >= 15 is 0 Å². The summed E-state index contributed by atoms with van der Waals surface area (Å²) in [6.45, 7) is 1.70.